The molecule has 0 aromatic heterocycles. The van der Waals surface area contributed by atoms with Crippen LogP contribution >= 0.6 is 11.8 Å². The van der Waals surface area contributed by atoms with Gasteiger partial charge in [-0.15, -0.1) is 0 Å². The number of carboxylic acid groups (broad SMARTS) is 1. The van der Waals surface area contributed by atoms with E-state index in [4.69, 9.17) is 5.11 Å². The predicted molar refractivity (Wildman–Crippen MR) is 70.6 cm³/mol. The van der Waals surface area contributed by atoms with Crippen LogP contribution in [-0.2, 0) is 0 Å². The van der Waals surface area contributed by atoms with Gasteiger partial charge in [0.2, 0.25) is 0 Å². The highest BCUT2D eigenvalue weighted by molar-refractivity contribution is 7.99. The summed E-state index contributed by atoms with van der Waals surface area (Å²) >= 11 is 1.01. The summed E-state index contributed by atoms with van der Waals surface area (Å²) < 4.78 is 13.5. The number of hydrogen-bond donors (Lipinski definition) is 1. The molecule has 0 aliphatic rings. The molecule has 0 amide bonds. The molecule has 0 spiro atoms. The Hall–Kier alpha value is -2.41. The van der Waals surface area contributed by atoms with Crippen molar-refractivity contribution in [3.63, 3.8) is 0 Å². The highest BCUT2D eigenvalue weighted by Crippen LogP contribution is 2.32. The lowest BCUT2D eigenvalue weighted by Gasteiger charge is -2.04. The van der Waals surface area contributed by atoms with Gasteiger partial charge in [-0.2, -0.15) is 0 Å². The third-order valence-electron chi connectivity index (χ3n) is 2.46. The molecule has 20 heavy (non-hydrogen) atoms. The van der Waals surface area contributed by atoms with E-state index >= 15 is 0 Å². The first-order chi connectivity index (χ1) is 9.49. The molecule has 0 unspecified atom stereocenters. The second-order valence-corrected chi connectivity index (χ2v) is 4.89. The van der Waals surface area contributed by atoms with Crippen LogP contribution in [0.4, 0.5) is 10.1 Å². The Morgan fingerprint density at radius 1 is 1.25 bits per heavy atom. The molecule has 0 atom stereocenters. The van der Waals surface area contributed by atoms with Gasteiger partial charge in [0.1, 0.15) is 11.4 Å². The second-order valence-electron chi connectivity index (χ2n) is 3.77. The molecule has 0 saturated carbocycles. The monoisotopic (exact) mass is 293 g/mol. The first-order valence-corrected chi connectivity index (χ1v) is 6.25. The van der Waals surface area contributed by atoms with Gasteiger partial charge in [0.25, 0.3) is 5.69 Å². The Bertz CT molecular complexity index is 690. The molecular weight excluding hydrogens is 285 g/mol. The molecule has 1 N–H and O–H groups in total. The lowest BCUT2D eigenvalue weighted by Crippen LogP contribution is -2.02. The van der Waals surface area contributed by atoms with E-state index in [0.717, 1.165) is 23.9 Å². The number of nitrogens with zero attached hydrogens (tertiary/aromatic N) is 1. The Morgan fingerprint density at radius 2 is 1.95 bits per heavy atom. The standard InChI is InChI=1S/C13H8FNO4S/c14-10-3-1-2-4-12(10)20-8-5-6-11(15(18)19)9(7-8)13(16)17/h1-7H,(H,16,17). The van der Waals surface area contributed by atoms with E-state index < -0.39 is 28.0 Å². The van der Waals surface area contributed by atoms with Crippen molar-refractivity contribution in [1.29, 1.82) is 0 Å². The number of aromatic carboxylic acids is 1. The number of halogens is 1. The van der Waals surface area contributed by atoms with Gasteiger partial charge in [0, 0.05) is 15.9 Å². The largest absolute Gasteiger partial charge is 0.477 e. The van der Waals surface area contributed by atoms with Crippen LogP contribution in [0.3, 0.4) is 0 Å². The van der Waals surface area contributed by atoms with E-state index in [1.807, 2.05) is 0 Å². The SMILES string of the molecule is O=C(O)c1cc(Sc2ccccc2F)ccc1[N+](=O)[O-]. The number of benzene rings is 2. The van der Waals surface area contributed by atoms with Crippen molar-refractivity contribution >= 4 is 23.4 Å². The van der Waals surface area contributed by atoms with E-state index in [1.165, 1.54) is 18.2 Å². The minimum Gasteiger partial charge on any atom is -0.477 e. The van der Waals surface area contributed by atoms with Gasteiger partial charge in [-0.05, 0) is 24.3 Å². The van der Waals surface area contributed by atoms with E-state index in [0.29, 0.717) is 9.79 Å². The highest BCUT2D eigenvalue weighted by Gasteiger charge is 2.20. The summed E-state index contributed by atoms with van der Waals surface area (Å²) in [6, 6.07) is 9.67. The molecule has 0 aliphatic carbocycles. The van der Waals surface area contributed by atoms with Gasteiger partial charge in [-0.25, -0.2) is 9.18 Å². The minimum atomic E-state index is -1.40. The number of nitro benzene ring substituents is 1. The Balaban J connectivity index is 2.40. The van der Waals surface area contributed by atoms with E-state index in [1.54, 1.807) is 12.1 Å². The van der Waals surface area contributed by atoms with Crippen molar-refractivity contribution in [2.24, 2.45) is 0 Å². The van der Waals surface area contributed by atoms with Gasteiger partial charge < -0.3 is 5.11 Å². The van der Waals surface area contributed by atoms with Gasteiger partial charge in [0.05, 0.1) is 4.92 Å². The molecule has 2 aromatic rings. The lowest BCUT2D eigenvalue weighted by atomic mass is 10.2. The van der Waals surface area contributed by atoms with E-state index in [2.05, 4.69) is 0 Å². The molecule has 2 rings (SSSR count). The minimum absolute atomic E-state index is 0.317. The fourth-order valence-electron chi connectivity index (χ4n) is 1.56. The van der Waals surface area contributed by atoms with Crippen LogP contribution in [-0.4, -0.2) is 16.0 Å². The van der Waals surface area contributed by atoms with Crippen molar-refractivity contribution in [2.75, 3.05) is 0 Å². The summed E-state index contributed by atoms with van der Waals surface area (Å²) in [6.07, 6.45) is 0. The molecule has 5 nitrogen and oxygen atoms in total. The van der Waals surface area contributed by atoms with Crippen molar-refractivity contribution in [1.82, 2.24) is 0 Å². The summed E-state index contributed by atoms with van der Waals surface area (Å²) in [7, 11) is 0. The van der Waals surface area contributed by atoms with Crippen molar-refractivity contribution in [3.05, 3.63) is 64.0 Å². The molecule has 0 bridgehead atoms. The zero-order chi connectivity index (χ0) is 14.7. The van der Waals surface area contributed by atoms with Gasteiger partial charge in [-0.3, -0.25) is 10.1 Å². The highest BCUT2D eigenvalue weighted by atomic mass is 32.2. The normalized spacial score (nSPS) is 10.2. The topological polar surface area (TPSA) is 80.4 Å². The molecular formula is C13H8FNO4S. The fraction of sp³-hybridized carbons (Fsp3) is 0. The molecule has 0 saturated heterocycles. The Kier molecular flexibility index (Phi) is 3.99. The maximum Gasteiger partial charge on any atom is 0.342 e. The first kappa shape index (κ1) is 14.0. The van der Waals surface area contributed by atoms with Crippen molar-refractivity contribution in [3.8, 4) is 0 Å². The quantitative estimate of drug-likeness (QED) is 0.688. The van der Waals surface area contributed by atoms with E-state index in [-0.39, 0.29) is 0 Å². The number of carboxylic acids is 1. The molecule has 7 heteroatoms. The van der Waals surface area contributed by atoms with Crippen LogP contribution in [0, 0.1) is 15.9 Å². The average molecular weight is 293 g/mol. The van der Waals surface area contributed by atoms with Gasteiger partial charge >= 0.3 is 5.97 Å². The van der Waals surface area contributed by atoms with Crippen LogP contribution in [0.5, 0.6) is 0 Å². The first-order valence-electron chi connectivity index (χ1n) is 5.43. The molecule has 0 radical (unpaired) electrons. The maximum absolute atomic E-state index is 13.5. The van der Waals surface area contributed by atoms with Crippen LogP contribution in [0.15, 0.2) is 52.3 Å². The third-order valence-corrected chi connectivity index (χ3v) is 3.50. The van der Waals surface area contributed by atoms with Gasteiger partial charge in [-0.1, -0.05) is 23.9 Å². The molecule has 102 valence electrons. The summed E-state index contributed by atoms with van der Waals surface area (Å²) in [5, 5.41) is 19.7. The number of carbonyl (C=O) groups is 1. The number of rotatable bonds is 4. The summed E-state index contributed by atoms with van der Waals surface area (Å²) in [5.74, 6) is -1.83. The average Bonchev–Trinajstić information content (AvgIpc) is 2.41. The Morgan fingerprint density at radius 3 is 2.55 bits per heavy atom. The maximum atomic E-state index is 13.5. The predicted octanol–water partition coefficient (Wildman–Crippen LogP) is 3.58. The zero-order valence-corrected chi connectivity index (χ0v) is 10.8. The van der Waals surface area contributed by atoms with Crippen LogP contribution in [0.25, 0.3) is 0 Å². The molecule has 0 heterocycles. The summed E-state index contributed by atoms with van der Waals surface area (Å²) in [5.41, 5.74) is -0.910. The van der Waals surface area contributed by atoms with Crippen LogP contribution < -0.4 is 0 Å². The number of nitro groups is 1. The molecule has 0 fully saturated rings. The van der Waals surface area contributed by atoms with Crippen molar-refractivity contribution in [2.45, 2.75) is 9.79 Å². The number of hydrogen-bond acceptors (Lipinski definition) is 4. The lowest BCUT2D eigenvalue weighted by molar-refractivity contribution is -0.385. The second kappa shape index (κ2) is 5.70. The third kappa shape index (κ3) is 2.94. The summed E-state index contributed by atoms with van der Waals surface area (Å²) in [6.45, 7) is 0. The van der Waals surface area contributed by atoms with Crippen LogP contribution in [0.2, 0.25) is 0 Å². The van der Waals surface area contributed by atoms with Crippen molar-refractivity contribution < 1.29 is 19.2 Å². The zero-order valence-electron chi connectivity index (χ0n) is 9.95. The Labute approximate surface area is 117 Å². The molecule has 2 aromatic carbocycles. The summed E-state index contributed by atoms with van der Waals surface area (Å²) in [4.78, 5) is 21.7. The smallest absolute Gasteiger partial charge is 0.342 e. The van der Waals surface area contributed by atoms with Gasteiger partial charge in [0.15, 0.2) is 0 Å². The van der Waals surface area contributed by atoms with Crippen LogP contribution in [0.1, 0.15) is 10.4 Å². The molecule has 0 aliphatic heterocycles. The fourth-order valence-corrected chi connectivity index (χ4v) is 2.44. The van der Waals surface area contributed by atoms with E-state index in [9.17, 15) is 19.3 Å².